The summed E-state index contributed by atoms with van der Waals surface area (Å²) in [5.41, 5.74) is 8.67. The predicted molar refractivity (Wildman–Crippen MR) is 87.2 cm³/mol. The molecule has 1 aliphatic heterocycles. The van der Waals surface area contributed by atoms with Crippen molar-refractivity contribution in [2.75, 3.05) is 12.3 Å². The summed E-state index contributed by atoms with van der Waals surface area (Å²) in [7, 11) is 0. The molecule has 1 aromatic rings. The number of nitrogens with two attached hydrogens (primary N) is 2. The molecular formula is C15H24N4O6. The molecule has 0 bridgehead atoms. The van der Waals surface area contributed by atoms with Gasteiger partial charge in [0.2, 0.25) is 0 Å². The average Bonchev–Trinajstić information content (AvgIpc) is 2.77. The van der Waals surface area contributed by atoms with Crippen molar-refractivity contribution in [1.82, 2.24) is 9.55 Å². The number of aliphatic hydroxyl groups excluding tert-OH is 1. The van der Waals surface area contributed by atoms with Crippen molar-refractivity contribution in [3.05, 3.63) is 22.7 Å². The standard InChI is InChI=1S/C15H24N4O6/c1-7(2)10(17)12(21)25-11-8(6-20)24-13(15(11,3)23)19-5-4-9(16)18-14(19)22/h4-5,7-8,10-11,13,20,23H,6,17H2,1-3H3,(H2,16,18,22)/t8-,10?,11+,13-,15?/m1/s1. The molecule has 1 saturated heterocycles. The van der Waals surface area contributed by atoms with E-state index in [2.05, 4.69) is 4.98 Å². The molecule has 2 rings (SSSR count). The van der Waals surface area contributed by atoms with Crippen molar-refractivity contribution in [3.8, 4) is 0 Å². The highest BCUT2D eigenvalue weighted by Gasteiger charge is 2.56. The van der Waals surface area contributed by atoms with E-state index in [1.165, 1.54) is 19.2 Å². The molecule has 1 aliphatic rings. The van der Waals surface area contributed by atoms with Crippen LogP contribution in [0.4, 0.5) is 5.82 Å². The fraction of sp³-hybridized carbons (Fsp3) is 0.667. The molecule has 0 spiro atoms. The smallest absolute Gasteiger partial charge is 0.351 e. The van der Waals surface area contributed by atoms with E-state index in [1.807, 2.05) is 0 Å². The summed E-state index contributed by atoms with van der Waals surface area (Å²) in [6.45, 7) is 4.32. The van der Waals surface area contributed by atoms with Gasteiger partial charge in [0.1, 0.15) is 23.6 Å². The number of nitrogens with zero attached hydrogens (tertiary/aromatic N) is 2. The average molecular weight is 356 g/mol. The Hall–Kier alpha value is -2.01. The van der Waals surface area contributed by atoms with Gasteiger partial charge in [-0.3, -0.25) is 9.36 Å². The normalized spacial score (nSPS) is 30.4. The fourth-order valence-corrected chi connectivity index (χ4v) is 2.65. The Morgan fingerprint density at radius 1 is 1.56 bits per heavy atom. The number of aromatic nitrogens is 2. The summed E-state index contributed by atoms with van der Waals surface area (Å²) in [6.07, 6.45) is -2.17. The van der Waals surface area contributed by atoms with Gasteiger partial charge < -0.3 is 31.2 Å². The second kappa shape index (κ2) is 7.08. The number of carbonyl (C=O) groups is 1. The highest BCUT2D eigenvalue weighted by molar-refractivity contribution is 5.76. The lowest BCUT2D eigenvalue weighted by atomic mass is 9.95. The van der Waals surface area contributed by atoms with E-state index in [9.17, 15) is 19.8 Å². The van der Waals surface area contributed by atoms with Crippen LogP contribution in [0, 0.1) is 5.92 Å². The molecule has 1 aromatic heterocycles. The Labute approximate surface area is 144 Å². The minimum atomic E-state index is -1.80. The van der Waals surface area contributed by atoms with Crippen LogP contribution in [0.1, 0.15) is 27.0 Å². The molecule has 10 heteroatoms. The number of ether oxygens (including phenoxy) is 2. The Morgan fingerprint density at radius 3 is 2.72 bits per heavy atom. The number of nitrogen functional groups attached to an aromatic ring is 1. The lowest BCUT2D eigenvalue weighted by Crippen LogP contribution is -2.51. The van der Waals surface area contributed by atoms with Gasteiger partial charge in [0.15, 0.2) is 12.3 Å². The Morgan fingerprint density at radius 2 is 2.20 bits per heavy atom. The van der Waals surface area contributed by atoms with Crippen molar-refractivity contribution in [2.45, 2.75) is 50.8 Å². The van der Waals surface area contributed by atoms with E-state index in [-0.39, 0.29) is 11.7 Å². The quantitative estimate of drug-likeness (QED) is 0.453. The third-order valence-electron chi connectivity index (χ3n) is 4.23. The first-order valence-electron chi connectivity index (χ1n) is 7.89. The maximum Gasteiger partial charge on any atom is 0.351 e. The lowest BCUT2D eigenvalue weighted by molar-refractivity contribution is -0.166. The first kappa shape index (κ1) is 19.3. The number of aliphatic hydroxyl groups is 2. The van der Waals surface area contributed by atoms with Crippen LogP contribution >= 0.6 is 0 Å². The van der Waals surface area contributed by atoms with Crippen LogP contribution in [0.2, 0.25) is 0 Å². The highest BCUT2D eigenvalue weighted by Crippen LogP contribution is 2.39. The van der Waals surface area contributed by atoms with E-state index in [0.29, 0.717) is 0 Å². The van der Waals surface area contributed by atoms with Gasteiger partial charge in [-0.15, -0.1) is 0 Å². The summed E-state index contributed by atoms with van der Waals surface area (Å²) >= 11 is 0. The molecule has 6 N–H and O–H groups in total. The van der Waals surface area contributed by atoms with E-state index in [0.717, 1.165) is 4.57 Å². The molecule has 0 aromatic carbocycles. The molecular weight excluding hydrogens is 332 g/mol. The second-order valence-electron chi connectivity index (χ2n) is 6.60. The first-order valence-corrected chi connectivity index (χ1v) is 7.89. The molecule has 2 unspecified atom stereocenters. The van der Waals surface area contributed by atoms with E-state index < -0.39 is 48.3 Å². The first-order chi connectivity index (χ1) is 11.6. The van der Waals surface area contributed by atoms with Crippen LogP contribution in [0.15, 0.2) is 17.1 Å². The van der Waals surface area contributed by atoms with Gasteiger partial charge in [0, 0.05) is 6.20 Å². The number of hydrogen-bond donors (Lipinski definition) is 4. The summed E-state index contributed by atoms with van der Waals surface area (Å²) in [6, 6.07) is 0.470. The van der Waals surface area contributed by atoms with Crippen molar-refractivity contribution in [3.63, 3.8) is 0 Å². The lowest BCUT2D eigenvalue weighted by Gasteiger charge is -2.30. The maximum atomic E-state index is 12.2. The molecule has 1 fully saturated rings. The molecule has 0 aliphatic carbocycles. The number of hydrogen-bond acceptors (Lipinski definition) is 9. The SMILES string of the molecule is CC(C)C(N)C(=O)O[C@H]1[C@@H](CO)O[C@@H](n2ccc(N)nc2=O)C1(C)O. The van der Waals surface area contributed by atoms with Gasteiger partial charge in [0.25, 0.3) is 0 Å². The molecule has 0 saturated carbocycles. The van der Waals surface area contributed by atoms with Crippen molar-refractivity contribution in [2.24, 2.45) is 11.7 Å². The van der Waals surface area contributed by atoms with Crippen LogP contribution in [-0.2, 0) is 14.3 Å². The van der Waals surface area contributed by atoms with Crippen LogP contribution in [0.25, 0.3) is 0 Å². The number of carbonyl (C=O) groups excluding carboxylic acids is 1. The van der Waals surface area contributed by atoms with Crippen LogP contribution in [0.5, 0.6) is 0 Å². The third kappa shape index (κ3) is 3.66. The van der Waals surface area contributed by atoms with Gasteiger partial charge in [0.05, 0.1) is 6.61 Å². The van der Waals surface area contributed by atoms with Crippen LogP contribution in [-0.4, -0.2) is 56.2 Å². The fourth-order valence-electron chi connectivity index (χ4n) is 2.65. The maximum absolute atomic E-state index is 12.2. The van der Waals surface area contributed by atoms with Gasteiger partial charge in [-0.25, -0.2) is 4.79 Å². The number of esters is 1. The minimum Gasteiger partial charge on any atom is -0.455 e. The zero-order chi connectivity index (χ0) is 18.9. The van der Waals surface area contributed by atoms with Gasteiger partial charge in [-0.2, -0.15) is 4.98 Å². The van der Waals surface area contributed by atoms with Gasteiger partial charge >= 0.3 is 11.7 Å². The summed E-state index contributed by atoms with van der Waals surface area (Å²) in [5, 5.41) is 20.4. The molecule has 0 amide bonds. The van der Waals surface area contributed by atoms with Crippen molar-refractivity contribution in [1.29, 1.82) is 0 Å². The Bertz CT molecular complexity index is 689. The van der Waals surface area contributed by atoms with E-state index in [1.54, 1.807) is 13.8 Å². The minimum absolute atomic E-state index is 0.0171. The number of anilines is 1. The number of rotatable bonds is 5. The van der Waals surface area contributed by atoms with E-state index in [4.69, 9.17) is 20.9 Å². The Kier molecular flexibility index (Phi) is 5.47. The summed E-state index contributed by atoms with van der Waals surface area (Å²) in [4.78, 5) is 27.8. The van der Waals surface area contributed by atoms with Crippen molar-refractivity contribution < 1.29 is 24.5 Å². The Balaban J connectivity index is 2.32. The molecule has 2 heterocycles. The molecule has 10 nitrogen and oxygen atoms in total. The monoisotopic (exact) mass is 356 g/mol. The molecule has 0 radical (unpaired) electrons. The predicted octanol–water partition coefficient (Wildman–Crippen LogP) is -1.64. The van der Waals surface area contributed by atoms with Crippen LogP contribution in [0.3, 0.4) is 0 Å². The molecule has 25 heavy (non-hydrogen) atoms. The zero-order valence-electron chi connectivity index (χ0n) is 14.3. The van der Waals surface area contributed by atoms with Crippen LogP contribution < -0.4 is 17.2 Å². The molecule has 5 atom stereocenters. The molecule has 140 valence electrons. The highest BCUT2D eigenvalue weighted by atomic mass is 16.6. The zero-order valence-corrected chi connectivity index (χ0v) is 14.3. The summed E-state index contributed by atoms with van der Waals surface area (Å²) < 4.78 is 11.9. The topological polar surface area (TPSA) is 163 Å². The third-order valence-corrected chi connectivity index (χ3v) is 4.23. The van der Waals surface area contributed by atoms with Crippen molar-refractivity contribution >= 4 is 11.8 Å². The van der Waals surface area contributed by atoms with Gasteiger partial charge in [-0.05, 0) is 18.9 Å². The summed E-state index contributed by atoms with van der Waals surface area (Å²) in [5.74, 6) is -0.888. The van der Waals surface area contributed by atoms with Gasteiger partial charge in [-0.1, -0.05) is 13.8 Å². The van der Waals surface area contributed by atoms with E-state index >= 15 is 0 Å². The largest absolute Gasteiger partial charge is 0.455 e. The second-order valence-corrected chi connectivity index (χ2v) is 6.60.